The van der Waals surface area contributed by atoms with E-state index in [-0.39, 0.29) is 15.6 Å². The van der Waals surface area contributed by atoms with Crippen LogP contribution in [0.5, 0.6) is 0 Å². The van der Waals surface area contributed by atoms with Crippen molar-refractivity contribution in [3.63, 3.8) is 0 Å². The monoisotopic (exact) mass is 187 g/mol. The molecule has 0 spiro atoms. The molecule has 0 bridgehead atoms. The Hall–Kier alpha value is -0.120. The predicted molar refractivity (Wildman–Crippen MR) is 40.4 cm³/mol. The van der Waals surface area contributed by atoms with Crippen LogP contribution in [0, 0.1) is 0 Å². The molecular formula is C3H4Cl3N3. The summed E-state index contributed by atoms with van der Waals surface area (Å²) in [6, 6.07) is 0. The molecule has 0 atom stereocenters. The van der Waals surface area contributed by atoms with Gasteiger partial charge in [-0.1, -0.05) is 23.2 Å². The molecule has 0 aliphatic heterocycles. The van der Waals surface area contributed by atoms with Crippen molar-refractivity contribution < 1.29 is 0 Å². The highest BCUT2D eigenvalue weighted by atomic mass is 35.5. The summed E-state index contributed by atoms with van der Waals surface area (Å²) < 4.78 is 0. The second kappa shape index (κ2) is 3.82. The summed E-state index contributed by atoms with van der Waals surface area (Å²) in [5, 5.41) is -0.451. The van der Waals surface area contributed by atoms with E-state index in [1.165, 1.54) is 0 Å². The van der Waals surface area contributed by atoms with Crippen LogP contribution in [-0.4, -0.2) is 5.29 Å². The smallest absolute Gasteiger partial charge is 0.194 e. The molecular weight excluding hydrogens is 184 g/mol. The molecule has 0 radical (unpaired) electrons. The minimum atomic E-state index is -0.205. The first-order chi connectivity index (χ1) is 4.04. The van der Waals surface area contributed by atoms with Crippen LogP contribution >= 0.6 is 34.8 Å². The van der Waals surface area contributed by atoms with Crippen molar-refractivity contribution >= 4 is 40.1 Å². The standard InChI is InChI=1S/C3H4Cl3N3/c4-1(7)2(5)9-3(6)8/h7H2,(H2,8,9)/b2-1-. The molecule has 0 heterocycles. The van der Waals surface area contributed by atoms with Crippen LogP contribution in [0.3, 0.4) is 0 Å². The fourth-order valence-corrected chi connectivity index (χ4v) is 0.408. The third-order valence-electron chi connectivity index (χ3n) is 0.402. The van der Waals surface area contributed by atoms with E-state index in [0.717, 1.165) is 0 Å². The van der Waals surface area contributed by atoms with Crippen molar-refractivity contribution in [3.8, 4) is 0 Å². The maximum Gasteiger partial charge on any atom is 0.194 e. The molecule has 0 aromatic rings. The molecule has 52 valence electrons. The molecule has 4 N–H and O–H groups in total. The number of hydrogen-bond acceptors (Lipinski definition) is 2. The summed E-state index contributed by atoms with van der Waals surface area (Å²) in [6.45, 7) is 0. The zero-order valence-corrected chi connectivity index (χ0v) is 6.50. The summed E-state index contributed by atoms with van der Waals surface area (Å²) in [5.74, 6) is 0. The lowest BCUT2D eigenvalue weighted by Gasteiger charge is -1.89. The maximum absolute atomic E-state index is 5.28. The van der Waals surface area contributed by atoms with Crippen LogP contribution in [0.2, 0.25) is 0 Å². The molecule has 0 saturated heterocycles. The third kappa shape index (κ3) is 4.39. The molecule has 0 saturated carbocycles. The molecule has 6 heteroatoms. The fourth-order valence-electron chi connectivity index (χ4n) is 0.147. The number of nitrogens with two attached hydrogens (primary N) is 2. The lowest BCUT2D eigenvalue weighted by atomic mass is 10.9. The fraction of sp³-hybridized carbons (Fsp3) is 0. The van der Waals surface area contributed by atoms with Crippen molar-refractivity contribution in [2.45, 2.75) is 0 Å². The van der Waals surface area contributed by atoms with Gasteiger partial charge in [0, 0.05) is 0 Å². The number of halogens is 3. The van der Waals surface area contributed by atoms with Gasteiger partial charge in [-0.05, 0) is 11.6 Å². The van der Waals surface area contributed by atoms with Gasteiger partial charge in [0.25, 0.3) is 0 Å². The van der Waals surface area contributed by atoms with E-state index in [9.17, 15) is 0 Å². The van der Waals surface area contributed by atoms with Gasteiger partial charge in [0.15, 0.2) is 10.5 Å². The number of amidine groups is 1. The number of nitrogens with zero attached hydrogens (tertiary/aromatic N) is 1. The van der Waals surface area contributed by atoms with E-state index in [1.807, 2.05) is 0 Å². The second-order valence-electron chi connectivity index (χ2n) is 1.07. The topological polar surface area (TPSA) is 64.4 Å². The van der Waals surface area contributed by atoms with Gasteiger partial charge >= 0.3 is 0 Å². The number of rotatable bonds is 1. The highest BCUT2D eigenvalue weighted by Gasteiger charge is 1.93. The van der Waals surface area contributed by atoms with Gasteiger partial charge in [-0.15, -0.1) is 0 Å². The predicted octanol–water partition coefficient (Wildman–Crippen LogP) is 1.10. The first-order valence-electron chi connectivity index (χ1n) is 1.84. The minimum Gasteiger partial charge on any atom is -0.387 e. The molecule has 0 rings (SSSR count). The summed E-state index contributed by atoms with van der Waals surface area (Å²) >= 11 is 15.6. The highest BCUT2D eigenvalue weighted by molar-refractivity contribution is 6.64. The average molecular weight is 188 g/mol. The molecule has 0 amide bonds. The Balaban J connectivity index is 4.25. The van der Waals surface area contributed by atoms with E-state index < -0.39 is 0 Å². The van der Waals surface area contributed by atoms with Crippen molar-refractivity contribution in [2.24, 2.45) is 16.5 Å². The minimum absolute atomic E-state index is 0.107. The van der Waals surface area contributed by atoms with Crippen molar-refractivity contribution in [1.29, 1.82) is 0 Å². The lowest BCUT2D eigenvalue weighted by molar-refractivity contribution is 1.39. The van der Waals surface area contributed by atoms with Gasteiger partial charge in [0.2, 0.25) is 0 Å². The van der Waals surface area contributed by atoms with Gasteiger partial charge < -0.3 is 11.5 Å². The van der Waals surface area contributed by atoms with E-state index in [4.69, 9.17) is 46.3 Å². The quantitative estimate of drug-likeness (QED) is 0.368. The zero-order valence-electron chi connectivity index (χ0n) is 4.24. The molecule has 0 aromatic heterocycles. The SMILES string of the molecule is N/C(Cl)=C(Cl)\N=C(/N)Cl. The van der Waals surface area contributed by atoms with Gasteiger partial charge in [-0.25, -0.2) is 4.99 Å². The molecule has 0 aromatic carbocycles. The van der Waals surface area contributed by atoms with E-state index in [0.29, 0.717) is 0 Å². The van der Waals surface area contributed by atoms with Crippen LogP contribution in [0.4, 0.5) is 0 Å². The van der Waals surface area contributed by atoms with E-state index >= 15 is 0 Å². The van der Waals surface area contributed by atoms with Gasteiger partial charge in [0.1, 0.15) is 5.16 Å². The van der Waals surface area contributed by atoms with Gasteiger partial charge in [-0.3, -0.25) is 0 Å². The number of hydrogen-bond donors (Lipinski definition) is 2. The van der Waals surface area contributed by atoms with Gasteiger partial charge in [0.05, 0.1) is 0 Å². The van der Waals surface area contributed by atoms with Crippen molar-refractivity contribution in [2.75, 3.05) is 0 Å². The van der Waals surface area contributed by atoms with Crippen LogP contribution < -0.4 is 11.5 Å². The zero-order chi connectivity index (χ0) is 7.44. The Morgan fingerprint density at radius 2 is 1.56 bits per heavy atom. The third-order valence-corrected chi connectivity index (χ3v) is 1.05. The first kappa shape index (κ1) is 8.88. The molecule has 0 aliphatic carbocycles. The normalized spacial score (nSPS) is 15.2. The maximum atomic E-state index is 5.28. The summed E-state index contributed by atoms with van der Waals surface area (Å²) in [5.41, 5.74) is 9.89. The molecule has 0 unspecified atom stereocenters. The highest BCUT2D eigenvalue weighted by Crippen LogP contribution is 2.09. The summed E-state index contributed by atoms with van der Waals surface area (Å²) in [6.07, 6.45) is 0. The second-order valence-corrected chi connectivity index (χ2v) is 2.23. The van der Waals surface area contributed by atoms with E-state index in [2.05, 4.69) is 4.99 Å². The summed E-state index contributed by atoms with van der Waals surface area (Å²) in [4.78, 5) is 3.32. The molecule has 0 aliphatic rings. The average Bonchev–Trinajstić information content (AvgIpc) is 1.63. The Kier molecular flexibility index (Phi) is 3.77. The number of aliphatic imine (C=N–C) groups is 1. The summed E-state index contributed by atoms with van der Waals surface area (Å²) in [7, 11) is 0. The van der Waals surface area contributed by atoms with Crippen LogP contribution in [-0.2, 0) is 0 Å². The largest absolute Gasteiger partial charge is 0.387 e. The molecule has 9 heavy (non-hydrogen) atoms. The van der Waals surface area contributed by atoms with Crippen LogP contribution in [0.25, 0.3) is 0 Å². The molecule has 0 fully saturated rings. The lowest BCUT2D eigenvalue weighted by Crippen LogP contribution is -2.02. The van der Waals surface area contributed by atoms with Crippen LogP contribution in [0.1, 0.15) is 0 Å². The van der Waals surface area contributed by atoms with E-state index in [1.54, 1.807) is 0 Å². The Morgan fingerprint density at radius 1 is 1.11 bits per heavy atom. The van der Waals surface area contributed by atoms with Gasteiger partial charge in [-0.2, -0.15) is 0 Å². The molecule has 3 nitrogen and oxygen atoms in total. The Labute approximate surface area is 67.3 Å². The van der Waals surface area contributed by atoms with Crippen LogP contribution in [0.15, 0.2) is 15.3 Å². The van der Waals surface area contributed by atoms with Crippen molar-refractivity contribution in [1.82, 2.24) is 0 Å². The first-order valence-corrected chi connectivity index (χ1v) is 2.98. The Morgan fingerprint density at radius 3 is 1.67 bits per heavy atom. The Bertz CT molecular complexity index is 154. The van der Waals surface area contributed by atoms with Crippen molar-refractivity contribution in [3.05, 3.63) is 10.3 Å².